The van der Waals surface area contributed by atoms with Crippen molar-refractivity contribution >= 4 is 0 Å². The molecule has 0 radical (unpaired) electrons. The van der Waals surface area contributed by atoms with Crippen LogP contribution >= 0.6 is 0 Å². The fourth-order valence-corrected chi connectivity index (χ4v) is 4.37. The molecule has 98 valence electrons. The van der Waals surface area contributed by atoms with Crippen molar-refractivity contribution in [3.8, 4) is 0 Å². The third-order valence-electron chi connectivity index (χ3n) is 5.31. The van der Waals surface area contributed by atoms with Gasteiger partial charge < -0.3 is 16.2 Å². The van der Waals surface area contributed by atoms with Crippen molar-refractivity contribution in [1.82, 2.24) is 5.32 Å². The Bertz CT molecular complexity index is 263. The maximum Gasteiger partial charge on any atom is 0.0830 e. The number of rotatable bonds is 2. The van der Waals surface area contributed by atoms with Gasteiger partial charge in [0, 0.05) is 18.1 Å². The van der Waals surface area contributed by atoms with Gasteiger partial charge in [-0.3, -0.25) is 0 Å². The van der Waals surface area contributed by atoms with Crippen LogP contribution in [0.1, 0.15) is 57.8 Å². The second kappa shape index (κ2) is 4.52. The standard InChI is InChI=1S/C14H26N2O/c15-13(10-4-2-1-3-5-10)14(17)8-11-6-7-12(9-14)16-11/h10-13,16-17H,1-9,15H2. The Morgan fingerprint density at radius 1 is 1.00 bits per heavy atom. The fourth-order valence-electron chi connectivity index (χ4n) is 4.37. The van der Waals surface area contributed by atoms with Crippen LogP contribution in [-0.2, 0) is 0 Å². The summed E-state index contributed by atoms with van der Waals surface area (Å²) in [5.74, 6) is 0.561. The molecule has 17 heavy (non-hydrogen) atoms. The lowest BCUT2D eigenvalue weighted by atomic mass is 9.72. The smallest absolute Gasteiger partial charge is 0.0830 e. The molecule has 0 aromatic rings. The summed E-state index contributed by atoms with van der Waals surface area (Å²) in [6.07, 6.45) is 10.6. The number of nitrogens with one attached hydrogen (secondary N) is 1. The van der Waals surface area contributed by atoms with E-state index in [1.165, 1.54) is 44.9 Å². The van der Waals surface area contributed by atoms with Gasteiger partial charge in [-0.05, 0) is 44.4 Å². The maximum atomic E-state index is 10.9. The van der Waals surface area contributed by atoms with Gasteiger partial charge >= 0.3 is 0 Å². The van der Waals surface area contributed by atoms with Crippen LogP contribution in [0.4, 0.5) is 0 Å². The highest BCUT2D eigenvalue weighted by molar-refractivity contribution is 5.05. The van der Waals surface area contributed by atoms with Crippen LogP contribution in [0.3, 0.4) is 0 Å². The number of aliphatic hydroxyl groups is 1. The topological polar surface area (TPSA) is 58.3 Å². The highest BCUT2D eigenvalue weighted by Gasteiger charge is 2.47. The zero-order valence-corrected chi connectivity index (χ0v) is 10.7. The Labute approximate surface area is 104 Å². The predicted octanol–water partition coefficient (Wildman–Crippen LogP) is 1.54. The first-order valence-corrected chi connectivity index (χ1v) is 7.41. The van der Waals surface area contributed by atoms with Crippen molar-refractivity contribution in [3.63, 3.8) is 0 Å². The first-order valence-electron chi connectivity index (χ1n) is 7.41. The van der Waals surface area contributed by atoms with Crippen LogP contribution in [0.2, 0.25) is 0 Å². The first kappa shape index (κ1) is 11.9. The summed E-state index contributed by atoms with van der Waals surface area (Å²) in [6, 6.07) is 1.05. The number of hydrogen-bond acceptors (Lipinski definition) is 3. The fraction of sp³-hybridized carbons (Fsp3) is 1.00. The van der Waals surface area contributed by atoms with E-state index in [0.717, 1.165) is 12.8 Å². The lowest BCUT2D eigenvalue weighted by Gasteiger charge is -2.44. The average Bonchev–Trinajstić information content (AvgIpc) is 2.69. The molecule has 0 spiro atoms. The number of fused-ring (bicyclic) bond motifs is 2. The molecule has 0 aromatic carbocycles. The van der Waals surface area contributed by atoms with E-state index < -0.39 is 5.60 Å². The summed E-state index contributed by atoms with van der Waals surface area (Å²) in [6.45, 7) is 0. The molecule has 2 saturated heterocycles. The molecule has 3 fully saturated rings. The summed E-state index contributed by atoms with van der Waals surface area (Å²) in [5, 5.41) is 14.5. The van der Waals surface area contributed by atoms with E-state index in [0.29, 0.717) is 18.0 Å². The van der Waals surface area contributed by atoms with Crippen LogP contribution in [0, 0.1) is 5.92 Å². The molecule has 3 heteroatoms. The summed E-state index contributed by atoms with van der Waals surface area (Å²) in [4.78, 5) is 0. The number of hydrogen-bond donors (Lipinski definition) is 3. The Morgan fingerprint density at radius 3 is 2.18 bits per heavy atom. The van der Waals surface area contributed by atoms with Crippen LogP contribution in [0.15, 0.2) is 0 Å². The van der Waals surface area contributed by atoms with Crippen LogP contribution in [0.5, 0.6) is 0 Å². The maximum absolute atomic E-state index is 10.9. The molecule has 3 rings (SSSR count). The molecule has 0 amide bonds. The van der Waals surface area contributed by atoms with Gasteiger partial charge in [0.05, 0.1) is 5.60 Å². The van der Waals surface area contributed by atoms with Gasteiger partial charge in [0.1, 0.15) is 0 Å². The molecule has 3 nitrogen and oxygen atoms in total. The van der Waals surface area contributed by atoms with Gasteiger partial charge in [-0.2, -0.15) is 0 Å². The van der Waals surface area contributed by atoms with Gasteiger partial charge in [-0.25, -0.2) is 0 Å². The Morgan fingerprint density at radius 2 is 1.59 bits per heavy atom. The molecule has 3 aliphatic rings. The van der Waals surface area contributed by atoms with Gasteiger partial charge in [-0.1, -0.05) is 19.3 Å². The Hall–Kier alpha value is -0.120. The van der Waals surface area contributed by atoms with E-state index in [9.17, 15) is 5.11 Å². The monoisotopic (exact) mass is 238 g/mol. The van der Waals surface area contributed by atoms with Crippen LogP contribution in [0.25, 0.3) is 0 Å². The molecular formula is C14H26N2O. The predicted molar refractivity (Wildman–Crippen MR) is 68.7 cm³/mol. The van der Waals surface area contributed by atoms with E-state index >= 15 is 0 Å². The normalized spacial score (nSPS) is 44.8. The minimum atomic E-state index is -0.584. The molecule has 4 N–H and O–H groups in total. The van der Waals surface area contributed by atoms with E-state index in [1.807, 2.05) is 0 Å². The second-order valence-electron chi connectivity index (χ2n) is 6.57. The zero-order valence-electron chi connectivity index (χ0n) is 10.7. The zero-order chi connectivity index (χ0) is 11.9. The van der Waals surface area contributed by atoms with Gasteiger partial charge in [0.15, 0.2) is 0 Å². The molecule has 1 aliphatic carbocycles. The molecule has 2 heterocycles. The molecule has 1 saturated carbocycles. The first-order chi connectivity index (χ1) is 8.17. The van der Waals surface area contributed by atoms with Crippen LogP contribution < -0.4 is 11.1 Å². The summed E-state index contributed by atoms with van der Waals surface area (Å²) >= 11 is 0. The molecule has 3 unspecified atom stereocenters. The van der Waals surface area contributed by atoms with E-state index in [-0.39, 0.29) is 6.04 Å². The van der Waals surface area contributed by atoms with Crippen molar-refractivity contribution in [2.45, 2.75) is 81.5 Å². The SMILES string of the molecule is NC(C1CCCCC1)C1(O)CC2CCC(C1)N2. The molecular weight excluding hydrogens is 212 g/mol. The Kier molecular flexibility index (Phi) is 3.18. The van der Waals surface area contributed by atoms with Crippen molar-refractivity contribution in [2.75, 3.05) is 0 Å². The molecule has 3 atom stereocenters. The summed E-state index contributed by atoms with van der Waals surface area (Å²) in [7, 11) is 0. The molecule has 0 aromatic heterocycles. The van der Waals surface area contributed by atoms with Gasteiger partial charge in [-0.15, -0.1) is 0 Å². The highest BCUT2D eigenvalue weighted by Crippen LogP contribution is 2.40. The third-order valence-corrected chi connectivity index (χ3v) is 5.31. The van der Waals surface area contributed by atoms with Gasteiger partial charge in [0.25, 0.3) is 0 Å². The largest absolute Gasteiger partial charge is 0.388 e. The van der Waals surface area contributed by atoms with Crippen molar-refractivity contribution in [3.05, 3.63) is 0 Å². The van der Waals surface area contributed by atoms with E-state index in [4.69, 9.17) is 5.73 Å². The van der Waals surface area contributed by atoms with Crippen molar-refractivity contribution in [2.24, 2.45) is 11.7 Å². The minimum Gasteiger partial charge on any atom is -0.388 e. The van der Waals surface area contributed by atoms with Crippen molar-refractivity contribution in [1.29, 1.82) is 0 Å². The number of nitrogens with two attached hydrogens (primary N) is 1. The average molecular weight is 238 g/mol. The summed E-state index contributed by atoms with van der Waals surface area (Å²) in [5.41, 5.74) is 5.85. The quantitative estimate of drug-likeness (QED) is 0.684. The lowest BCUT2D eigenvalue weighted by molar-refractivity contribution is -0.0483. The van der Waals surface area contributed by atoms with Crippen molar-refractivity contribution < 1.29 is 5.11 Å². The van der Waals surface area contributed by atoms with Gasteiger partial charge in [0.2, 0.25) is 0 Å². The lowest BCUT2D eigenvalue weighted by Crippen LogP contribution is -2.60. The second-order valence-corrected chi connectivity index (χ2v) is 6.57. The van der Waals surface area contributed by atoms with Crippen LogP contribution in [-0.4, -0.2) is 28.8 Å². The highest BCUT2D eigenvalue weighted by atomic mass is 16.3. The summed E-state index contributed by atoms with van der Waals surface area (Å²) < 4.78 is 0. The van der Waals surface area contributed by atoms with E-state index in [2.05, 4.69) is 5.32 Å². The number of piperidine rings is 1. The molecule has 2 aliphatic heterocycles. The Balaban J connectivity index is 1.69. The molecule has 2 bridgehead atoms. The van der Waals surface area contributed by atoms with E-state index in [1.54, 1.807) is 0 Å². The third kappa shape index (κ3) is 2.25. The minimum absolute atomic E-state index is 0.00741.